The molecule has 2 aromatic rings. The van der Waals surface area contributed by atoms with E-state index in [4.69, 9.17) is 5.73 Å². The zero-order valence-electron chi connectivity index (χ0n) is 11.9. The fraction of sp³-hybridized carbons (Fsp3) is 0.294. The average molecular weight is 351 g/mol. The number of hydrogen-bond donors (Lipinski definition) is 1. The molecule has 0 aliphatic carbocycles. The van der Waals surface area contributed by atoms with Crippen molar-refractivity contribution in [1.82, 2.24) is 4.90 Å². The van der Waals surface area contributed by atoms with Crippen molar-refractivity contribution in [3.63, 3.8) is 0 Å². The zero-order valence-corrected chi connectivity index (χ0v) is 13.5. The van der Waals surface area contributed by atoms with Crippen molar-refractivity contribution in [3.05, 3.63) is 69.9 Å². The summed E-state index contributed by atoms with van der Waals surface area (Å²) in [6, 6.07) is 15.3. The minimum atomic E-state index is -0.163. The number of nitrogens with zero attached hydrogens (tertiary/aromatic N) is 1. The van der Waals surface area contributed by atoms with Gasteiger partial charge in [-0.05, 0) is 36.7 Å². The van der Waals surface area contributed by atoms with E-state index in [0.717, 1.165) is 24.0 Å². The van der Waals surface area contributed by atoms with Crippen LogP contribution in [0.25, 0.3) is 0 Å². The van der Waals surface area contributed by atoms with Crippen molar-refractivity contribution in [3.8, 4) is 0 Å². The van der Waals surface area contributed by atoms with Gasteiger partial charge >= 0.3 is 0 Å². The molecular formula is C17H20BrFN2. The highest BCUT2D eigenvalue weighted by Crippen LogP contribution is 2.18. The van der Waals surface area contributed by atoms with E-state index in [9.17, 15) is 4.39 Å². The summed E-state index contributed by atoms with van der Waals surface area (Å²) in [6.07, 6.45) is 0.905. The number of rotatable bonds is 7. The van der Waals surface area contributed by atoms with E-state index < -0.39 is 0 Å². The molecule has 2 rings (SSSR count). The molecule has 2 N–H and O–H groups in total. The van der Waals surface area contributed by atoms with Crippen molar-refractivity contribution in [2.24, 2.45) is 5.73 Å². The van der Waals surface area contributed by atoms with E-state index in [1.165, 1.54) is 11.6 Å². The predicted molar refractivity (Wildman–Crippen MR) is 88.3 cm³/mol. The third-order valence-corrected chi connectivity index (χ3v) is 3.82. The molecule has 2 nitrogen and oxygen atoms in total. The van der Waals surface area contributed by atoms with Gasteiger partial charge in [0.15, 0.2) is 0 Å². The molecule has 21 heavy (non-hydrogen) atoms. The lowest BCUT2D eigenvalue weighted by molar-refractivity contribution is 0.251. The topological polar surface area (TPSA) is 29.3 Å². The highest BCUT2D eigenvalue weighted by Gasteiger charge is 2.10. The summed E-state index contributed by atoms with van der Waals surface area (Å²) in [4.78, 5) is 2.23. The first-order valence-corrected chi connectivity index (χ1v) is 7.88. The van der Waals surface area contributed by atoms with Gasteiger partial charge in [-0.3, -0.25) is 4.90 Å². The van der Waals surface area contributed by atoms with E-state index in [1.54, 1.807) is 6.07 Å². The summed E-state index contributed by atoms with van der Waals surface area (Å²) in [5.41, 5.74) is 7.54. The van der Waals surface area contributed by atoms with Crippen LogP contribution < -0.4 is 5.73 Å². The van der Waals surface area contributed by atoms with Crippen LogP contribution in [0.5, 0.6) is 0 Å². The molecule has 0 amide bonds. The monoisotopic (exact) mass is 350 g/mol. The van der Waals surface area contributed by atoms with Crippen molar-refractivity contribution < 1.29 is 4.39 Å². The molecule has 4 heteroatoms. The molecule has 0 heterocycles. The van der Waals surface area contributed by atoms with Gasteiger partial charge in [0.25, 0.3) is 0 Å². The molecule has 0 aromatic heterocycles. The second-order valence-electron chi connectivity index (χ2n) is 5.07. The Morgan fingerprint density at radius 2 is 1.81 bits per heavy atom. The van der Waals surface area contributed by atoms with E-state index in [-0.39, 0.29) is 5.82 Å². The first-order valence-electron chi connectivity index (χ1n) is 7.09. The van der Waals surface area contributed by atoms with Crippen LogP contribution in [0.4, 0.5) is 4.39 Å². The number of halogens is 2. The van der Waals surface area contributed by atoms with Gasteiger partial charge in [-0.1, -0.05) is 46.3 Å². The van der Waals surface area contributed by atoms with Crippen LogP contribution in [0.1, 0.15) is 17.5 Å². The number of nitrogens with two attached hydrogens (primary N) is 1. The van der Waals surface area contributed by atoms with E-state index in [2.05, 4.69) is 33.0 Å². The first kappa shape index (κ1) is 16.1. The maximum atomic E-state index is 13.9. The Hall–Kier alpha value is -1.23. The van der Waals surface area contributed by atoms with Gasteiger partial charge in [-0.25, -0.2) is 4.39 Å². The maximum Gasteiger partial charge on any atom is 0.127 e. The van der Waals surface area contributed by atoms with Gasteiger partial charge in [0.05, 0.1) is 0 Å². The Morgan fingerprint density at radius 3 is 2.52 bits per heavy atom. The molecule has 0 aliphatic rings. The predicted octanol–water partition coefficient (Wildman–Crippen LogP) is 3.94. The SMILES string of the molecule is NCCCN(Cc1ccccc1)Cc1cc(Br)ccc1F. The Morgan fingerprint density at radius 1 is 1.05 bits per heavy atom. The van der Waals surface area contributed by atoms with Crippen LogP contribution in [0, 0.1) is 5.82 Å². The summed E-state index contributed by atoms with van der Waals surface area (Å²) in [5.74, 6) is -0.163. The van der Waals surface area contributed by atoms with Crippen LogP contribution in [0.15, 0.2) is 53.0 Å². The Bertz CT molecular complexity index is 560. The molecule has 0 spiro atoms. The largest absolute Gasteiger partial charge is 0.330 e. The van der Waals surface area contributed by atoms with E-state index in [0.29, 0.717) is 18.7 Å². The standard InChI is InChI=1S/C17H20BrFN2/c18-16-7-8-17(19)15(11-16)13-21(10-4-9-20)12-14-5-2-1-3-6-14/h1-3,5-8,11H,4,9-10,12-13,20H2. The van der Waals surface area contributed by atoms with Crippen molar-refractivity contribution in [2.45, 2.75) is 19.5 Å². The third-order valence-electron chi connectivity index (χ3n) is 3.33. The smallest absolute Gasteiger partial charge is 0.127 e. The minimum Gasteiger partial charge on any atom is -0.330 e. The molecule has 112 valence electrons. The molecule has 0 radical (unpaired) electrons. The highest BCUT2D eigenvalue weighted by molar-refractivity contribution is 9.10. The average Bonchev–Trinajstić information content (AvgIpc) is 2.49. The summed E-state index contributed by atoms with van der Waals surface area (Å²) in [7, 11) is 0. The lowest BCUT2D eigenvalue weighted by atomic mass is 10.1. The number of benzene rings is 2. The van der Waals surface area contributed by atoms with Gasteiger partial charge in [-0.15, -0.1) is 0 Å². The molecule has 0 aliphatic heterocycles. The number of hydrogen-bond acceptors (Lipinski definition) is 2. The summed E-state index contributed by atoms with van der Waals surface area (Å²) in [6.45, 7) is 2.89. The third kappa shape index (κ3) is 5.23. The van der Waals surface area contributed by atoms with Crippen LogP contribution in [-0.4, -0.2) is 18.0 Å². The van der Waals surface area contributed by atoms with Crippen LogP contribution >= 0.6 is 15.9 Å². The van der Waals surface area contributed by atoms with Crippen molar-refractivity contribution >= 4 is 15.9 Å². The maximum absolute atomic E-state index is 13.9. The molecule has 0 unspecified atom stereocenters. The second-order valence-corrected chi connectivity index (χ2v) is 5.99. The van der Waals surface area contributed by atoms with Gasteiger partial charge in [0.1, 0.15) is 5.82 Å². The quantitative estimate of drug-likeness (QED) is 0.819. The molecule has 0 bridgehead atoms. The summed E-state index contributed by atoms with van der Waals surface area (Å²) >= 11 is 3.40. The Kier molecular flexibility index (Phi) is 6.36. The van der Waals surface area contributed by atoms with Crippen molar-refractivity contribution in [1.29, 1.82) is 0 Å². The molecular weight excluding hydrogens is 331 g/mol. The van der Waals surface area contributed by atoms with E-state index >= 15 is 0 Å². The Labute approximate surface area is 133 Å². The fourth-order valence-corrected chi connectivity index (χ4v) is 2.68. The Balaban J connectivity index is 2.10. The van der Waals surface area contributed by atoms with Crippen LogP contribution in [0.2, 0.25) is 0 Å². The van der Waals surface area contributed by atoms with Crippen LogP contribution in [0.3, 0.4) is 0 Å². The summed E-state index contributed by atoms with van der Waals surface area (Å²) < 4.78 is 14.8. The normalized spacial score (nSPS) is 11.0. The van der Waals surface area contributed by atoms with Crippen LogP contribution in [-0.2, 0) is 13.1 Å². The van der Waals surface area contributed by atoms with Gasteiger partial charge in [0.2, 0.25) is 0 Å². The zero-order chi connectivity index (χ0) is 15.1. The lowest BCUT2D eigenvalue weighted by Crippen LogP contribution is -2.26. The van der Waals surface area contributed by atoms with Gasteiger partial charge in [-0.2, -0.15) is 0 Å². The van der Waals surface area contributed by atoms with E-state index in [1.807, 2.05) is 24.3 Å². The molecule has 0 saturated heterocycles. The second kappa shape index (κ2) is 8.27. The lowest BCUT2D eigenvalue weighted by Gasteiger charge is -2.22. The van der Waals surface area contributed by atoms with Gasteiger partial charge in [0, 0.05) is 29.7 Å². The fourth-order valence-electron chi connectivity index (χ4n) is 2.28. The molecule has 2 aromatic carbocycles. The molecule has 0 fully saturated rings. The highest BCUT2D eigenvalue weighted by atomic mass is 79.9. The van der Waals surface area contributed by atoms with Gasteiger partial charge < -0.3 is 5.73 Å². The molecule has 0 saturated carbocycles. The summed E-state index contributed by atoms with van der Waals surface area (Å²) in [5, 5.41) is 0. The van der Waals surface area contributed by atoms with Crippen molar-refractivity contribution in [2.75, 3.05) is 13.1 Å². The first-order chi connectivity index (χ1) is 10.2. The molecule has 0 atom stereocenters. The minimum absolute atomic E-state index is 0.163.